The van der Waals surface area contributed by atoms with Gasteiger partial charge in [0.25, 0.3) is 5.91 Å². The van der Waals surface area contributed by atoms with Crippen LogP contribution in [0.5, 0.6) is 0 Å². The maximum atomic E-state index is 12.7. The number of hydrogen-bond donors (Lipinski definition) is 0. The van der Waals surface area contributed by atoms with Crippen LogP contribution in [-0.2, 0) is 0 Å². The summed E-state index contributed by atoms with van der Waals surface area (Å²) in [4.78, 5) is 20.3. The third-order valence-corrected chi connectivity index (χ3v) is 4.93. The number of amides is 1. The van der Waals surface area contributed by atoms with Crippen molar-refractivity contribution < 1.29 is 4.79 Å². The van der Waals surface area contributed by atoms with Crippen LogP contribution in [0, 0.1) is 6.92 Å². The van der Waals surface area contributed by atoms with Crippen LogP contribution in [0.4, 0.5) is 0 Å². The normalized spacial score (nSPS) is 15.8. The zero-order chi connectivity index (χ0) is 14.7. The molecule has 1 amide bonds. The summed E-state index contributed by atoms with van der Waals surface area (Å²) < 4.78 is 0. The minimum atomic E-state index is 0.104. The number of hydrogen-bond acceptors (Lipinski definition) is 3. The van der Waals surface area contributed by atoms with Crippen LogP contribution in [0.15, 0.2) is 30.3 Å². The molecule has 21 heavy (non-hydrogen) atoms. The van der Waals surface area contributed by atoms with Crippen molar-refractivity contribution >= 4 is 17.2 Å². The van der Waals surface area contributed by atoms with Crippen molar-refractivity contribution in [3.8, 4) is 10.6 Å². The Morgan fingerprint density at radius 3 is 2.43 bits per heavy atom. The zero-order valence-corrected chi connectivity index (χ0v) is 13.2. The summed E-state index contributed by atoms with van der Waals surface area (Å²) in [6, 6.07) is 10.1. The number of thiazole rings is 1. The molecule has 3 rings (SSSR count). The molecule has 0 spiro atoms. The Kier molecular flexibility index (Phi) is 4.34. The van der Waals surface area contributed by atoms with E-state index in [2.05, 4.69) is 4.98 Å². The molecule has 1 saturated heterocycles. The molecule has 1 aliphatic rings. The third-order valence-electron chi connectivity index (χ3n) is 3.91. The van der Waals surface area contributed by atoms with Crippen LogP contribution >= 0.6 is 11.3 Å². The van der Waals surface area contributed by atoms with E-state index in [4.69, 9.17) is 0 Å². The lowest BCUT2D eigenvalue weighted by Gasteiger charge is -2.19. The monoisotopic (exact) mass is 300 g/mol. The van der Waals surface area contributed by atoms with Gasteiger partial charge in [-0.2, -0.15) is 0 Å². The van der Waals surface area contributed by atoms with Gasteiger partial charge in [0, 0.05) is 23.5 Å². The SMILES string of the molecule is Cc1sc(-c2ccccc2)nc1C(=O)N1CCCCCC1. The van der Waals surface area contributed by atoms with E-state index in [1.165, 1.54) is 12.8 Å². The Labute approximate surface area is 129 Å². The predicted octanol–water partition coefficient (Wildman–Crippen LogP) is 4.13. The van der Waals surface area contributed by atoms with Gasteiger partial charge >= 0.3 is 0 Å². The molecule has 2 heterocycles. The van der Waals surface area contributed by atoms with Gasteiger partial charge in [-0.1, -0.05) is 43.2 Å². The highest BCUT2D eigenvalue weighted by Crippen LogP contribution is 2.28. The first-order chi connectivity index (χ1) is 10.3. The van der Waals surface area contributed by atoms with E-state index in [1.54, 1.807) is 11.3 Å². The maximum absolute atomic E-state index is 12.7. The number of carbonyl (C=O) groups is 1. The topological polar surface area (TPSA) is 33.2 Å². The van der Waals surface area contributed by atoms with Crippen LogP contribution < -0.4 is 0 Å². The van der Waals surface area contributed by atoms with E-state index >= 15 is 0 Å². The maximum Gasteiger partial charge on any atom is 0.273 e. The highest BCUT2D eigenvalue weighted by atomic mass is 32.1. The van der Waals surface area contributed by atoms with Gasteiger partial charge < -0.3 is 4.90 Å². The van der Waals surface area contributed by atoms with Gasteiger partial charge in [-0.25, -0.2) is 4.98 Å². The van der Waals surface area contributed by atoms with Crippen molar-refractivity contribution in [3.05, 3.63) is 40.9 Å². The van der Waals surface area contributed by atoms with Gasteiger partial charge in [-0.15, -0.1) is 11.3 Å². The first-order valence-corrected chi connectivity index (χ1v) is 8.39. The van der Waals surface area contributed by atoms with E-state index in [0.717, 1.165) is 41.4 Å². The summed E-state index contributed by atoms with van der Waals surface area (Å²) in [5.74, 6) is 0.104. The number of aryl methyl sites for hydroxylation is 1. The third kappa shape index (κ3) is 3.16. The van der Waals surface area contributed by atoms with Crippen LogP contribution in [0.1, 0.15) is 41.0 Å². The number of benzene rings is 1. The van der Waals surface area contributed by atoms with Crippen molar-refractivity contribution in [2.45, 2.75) is 32.6 Å². The molecular weight excluding hydrogens is 280 g/mol. The summed E-state index contributed by atoms with van der Waals surface area (Å²) in [5.41, 5.74) is 1.72. The second kappa shape index (κ2) is 6.39. The van der Waals surface area contributed by atoms with Crippen molar-refractivity contribution in [2.24, 2.45) is 0 Å². The van der Waals surface area contributed by atoms with E-state index in [0.29, 0.717) is 5.69 Å². The Morgan fingerprint density at radius 2 is 1.76 bits per heavy atom. The molecule has 1 aliphatic heterocycles. The van der Waals surface area contributed by atoms with Gasteiger partial charge in [0.1, 0.15) is 10.7 Å². The van der Waals surface area contributed by atoms with Gasteiger partial charge in [-0.3, -0.25) is 4.79 Å². The summed E-state index contributed by atoms with van der Waals surface area (Å²) >= 11 is 1.61. The Hall–Kier alpha value is -1.68. The van der Waals surface area contributed by atoms with Gasteiger partial charge in [-0.05, 0) is 19.8 Å². The zero-order valence-electron chi connectivity index (χ0n) is 12.3. The highest BCUT2D eigenvalue weighted by molar-refractivity contribution is 7.15. The van der Waals surface area contributed by atoms with Crippen molar-refractivity contribution in [2.75, 3.05) is 13.1 Å². The van der Waals surface area contributed by atoms with Crippen LogP contribution in [-0.4, -0.2) is 28.9 Å². The summed E-state index contributed by atoms with van der Waals surface area (Å²) in [6.07, 6.45) is 4.69. The molecule has 0 radical (unpaired) electrons. The van der Waals surface area contributed by atoms with E-state index < -0.39 is 0 Å². The Balaban J connectivity index is 1.85. The minimum Gasteiger partial charge on any atom is -0.337 e. The molecule has 1 aromatic heterocycles. The quantitative estimate of drug-likeness (QED) is 0.835. The number of nitrogens with zero attached hydrogens (tertiary/aromatic N) is 2. The largest absolute Gasteiger partial charge is 0.337 e. The van der Waals surface area contributed by atoms with Gasteiger partial charge in [0.15, 0.2) is 0 Å². The fraction of sp³-hybridized carbons (Fsp3) is 0.412. The summed E-state index contributed by atoms with van der Waals surface area (Å²) in [5, 5.41) is 0.936. The van der Waals surface area contributed by atoms with Gasteiger partial charge in [0.05, 0.1) is 0 Å². The Bertz CT molecular complexity index is 613. The molecule has 0 aliphatic carbocycles. The highest BCUT2D eigenvalue weighted by Gasteiger charge is 2.22. The molecule has 1 fully saturated rings. The van der Waals surface area contributed by atoms with Crippen LogP contribution in [0.25, 0.3) is 10.6 Å². The molecule has 0 bridgehead atoms. The molecule has 110 valence electrons. The standard InChI is InChI=1S/C17H20N2OS/c1-13-15(17(20)19-11-7-2-3-8-12-19)18-16(21-13)14-9-5-4-6-10-14/h4-6,9-10H,2-3,7-8,11-12H2,1H3. The molecule has 2 aromatic rings. The van der Waals surface area contributed by atoms with E-state index in [1.807, 2.05) is 42.2 Å². The van der Waals surface area contributed by atoms with E-state index in [9.17, 15) is 4.79 Å². The average Bonchev–Trinajstić information content (AvgIpc) is 2.74. The fourth-order valence-corrected chi connectivity index (χ4v) is 3.63. The number of likely N-dealkylation sites (tertiary alicyclic amines) is 1. The molecule has 0 saturated carbocycles. The lowest BCUT2D eigenvalue weighted by molar-refractivity contribution is 0.0756. The van der Waals surface area contributed by atoms with Crippen molar-refractivity contribution in [1.82, 2.24) is 9.88 Å². The van der Waals surface area contributed by atoms with Gasteiger partial charge in [0.2, 0.25) is 0 Å². The average molecular weight is 300 g/mol. The lowest BCUT2D eigenvalue weighted by Crippen LogP contribution is -2.32. The molecule has 4 heteroatoms. The first-order valence-electron chi connectivity index (χ1n) is 7.58. The predicted molar refractivity (Wildman–Crippen MR) is 86.7 cm³/mol. The number of carbonyl (C=O) groups excluding carboxylic acids is 1. The molecule has 1 aromatic carbocycles. The second-order valence-electron chi connectivity index (χ2n) is 5.50. The molecule has 0 N–H and O–H groups in total. The molecule has 3 nitrogen and oxygen atoms in total. The minimum absolute atomic E-state index is 0.104. The smallest absolute Gasteiger partial charge is 0.273 e. The summed E-state index contributed by atoms with van der Waals surface area (Å²) in [7, 11) is 0. The number of aromatic nitrogens is 1. The van der Waals surface area contributed by atoms with E-state index in [-0.39, 0.29) is 5.91 Å². The molecule has 0 atom stereocenters. The lowest BCUT2D eigenvalue weighted by atomic mass is 10.2. The van der Waals surface area contributed by atoms with Crippen LogP contribution in [0.3, 0.4) is 0 Å². The van der Waals surface area contributed by atoms with Crippen molar-refractivity contribution in [1.29, 1.82) is 0 Å². The molecular formula is C17H20N2OS. The van der Waals surface area contributed by atoms with Crippen molar-refractivity contribution in [3.63, 3.8) is 0 Å². The number of rotatable bonds is 2. The Morgan fingerprint density at radius 1 is 1.10 bits per heavy atom. The fourth-order valence-electron chi connectivity index (χ4n) is 2.72. The van der Waals surface area contributed by atoms with Crippen LogP contribution in [0.2, 0.25) is 0 Å². The second-order valence-corrected chi connectivity index (χ2v) is 6.70. The first kappa shape index (κ1) is 14.3. The molecule has 0 unspecified atom stereocenters. The summed E-state index contributed by atoms with van der Waals surface area (Å²) in [6.45, 7) is 3.74.